The van der Waals surface area contributed by atoms with E-state index in [0.717, 1.165) is 24.9 Å². The standard InChI is InChI=1S/C15H26N2O3S/c1-4-16-10-14-11(2)20-12(3)15(14)21(18,19)17-9-13-7-5-6-8-13/h13,16-17H,4-10H2,1-3H3. The summed E-state index contributed by atoms with van der Waals surface area (Å²) < 4.78 is 33.5. The molecule has 5 nitrogen and oxygen atoms in total. The highest BCUT2D eigenvalue weighted by atomic mass is 32.2. The number of hydrogen-bond acceptors (Lipinski definition) is 4. The number of furan rings is 1. The van der Waals surface area contributed by atoms with Gasteiger partial charge in [-0.2, -0.15) is 0 Å². The number of aryl methyl sites for hydroxylation is 2. The minimum absolute atomic E-state index is 0.318. The lowest BCUT2D eigenvalue weighted by Crippen LogP contribution is -2.30. The lowest BCUT2D eigenvalue weighted by molar-refractivity contribution is 0.491. The van der Waals surface area contributed by atoms with Crippen molar-refractivity contribution in [2.24, 2.45) is 5.92 Å². The van der Waals surface area contributed by atoms with Crippen molar-refractivity contribution in [3.8, 4) is 0 Å². The molecule has 0 unspecified atom stereocenters. The lowest BCUT2D eigenvalue weighted by atomic mass is 10.1. The SMILES string of the molecule is CCNCc1c(C)oc(C)c1S(=O)(=O)NCC1CCCC1. The van der Waals surface area contributed by atoms with E-state index in [4.69, 9.17) is 4.42 Å². The quantitative estimate of drug-likeness (QED) is 0.811. The second-order valence-corrected chi connectivity index (χ2v) is 7.51. The van der Waals surface area contributed by atoms with E-state index in [1.807, 2.05) is 13.8 Å². The number of nitrogens with one attached hydrogen (secondary N) is 2. The smallest absolute Gasteiger partial charge is 0.244 e. The summed E-state index contributed by atoms with van der Waals surface area (Å²) in [4.78, 5) is 0.318. The van der Waals surface area contributed by atoms with Crippen molar-refractivity contribution < 1.29 is 12.8 Å². The van der Waals surface area contributed by atoms with E-state index in [-0.39, 0.29) is 0 Å². The summed E-state index contributed by atoms with van der Waals surface area (Å²) in [6, 6.07) is 0. The molecule has 6 heteroatoms. The van der Waals surface area contributed by atoms with Crippen molar-refractivity contribution in [3.05, 3.63) is 17.1 Å². The summed E-state index contributed by atoms with van der Waals surface area (Å²) in [5, 5.41) is 3.18. The van der Waals surface area contributed by atoms with E-state index < -0.39 is 10.0 Å². The van der Waals surface area contributed by atoms with Gasteiger partial charge in [0.05, 0.1) is 0 Å². The third kappa shape index (κ3) is 3.87. The Morgan fingerprint density at radius 2 is 1.86 bits per heavy atom. The first-order chi connectivity index (χ1) is 9.95. The maximum Gasteiger partial charge on any atom is 0.244 e. The Hall–Kier alpha value is -0.850. The Morgan fingerprint density at radius 3 is 2.48 bits per heavy atom. The third-order valence-electron chi connectivity index (χ3n) is 4.18. The third-order valence-corrected chi connectivity index (χ3v) is 5.80. The molecule has 0 aromatic carbocycles. The van der Waals surface area contributed by atoms with Crippen molar-refractivity contribution in [1.29, 1.82) is 0 Å². The average molecular weight is 314 g/mol. The Kier molecular flexibility index (Phi) is 5.46. The molecule has 0 bridgehead atoms. The number of rotatable bonds is 7. The first-order valence-corrected chi connectivity index (χ1v) is 9.23. The molecule has 0 spiro atoms. The molecule has 0 atom stereocenters. The molecule has 120 valence electrons. The Labute approximate surface area is 127 Å². The highest BCUT2D eigenvalue weighted by Gasteiger charge is 2.27. The van der Waals surface area contributed by atoms with Gasteiger partial charge >= 0.3 is 0 Å². The highest BCUT2D eigenvalue weighted by Crippen LogP contribution is 2.28. The van der Waals surface area contributed by atoms with E-state index in [1.54, 1.807) is 6.92 Å². The van der Waals surface area contributed by atoms with Gasteiger partial charge in [-0.05, 0) is 39.2 Å². The Balaban J connectivity index is 2.17. The van der Waals surface area contributed by atoms with Crippen LogP contribution in [0.2, 0.25) is 0 Å². The molecule has 21 heavy (non-hydrogen) atoms. The normalized spacial score (nSPS) is 16.7. The number of hydrogen-bond donors (Lipinski definition) is 2. The summed E-state index contributed by atoms with van der Waals surface area (Å²) in [5.74, 6) is 1.62. The van der Waals surface area contributed by atoms with Gasteiger partial charge in [-0.1, -0.05) is 19.8 Å². The van der Waals surface area contributed by atoms with Crippen molar-refractivity contribution in [2.75, 3.05) is 13.1 Å². The molecular formula is C15H26N2O3S. The van der Waals surface area contributed by atoms with Crippen LogP contribution in [0.5, 0.6) is 0 Å². The van der Waals surface area contributed by atoms with Gasteiger partial charge in [0.25, 0.3) is 0 Å². The van der Waals surface area contributed by atoms with Crippen LogP contribution in [-0.2, 0) is 16.6 Å². The van der Waals surface area contributed by atoms with Crippen LogP contribution in [-0.4, -0.2) is 21.5 Å². The first kappa shape index (κ1) is 16.5. The average Bonchev–Trinajstić information content (AvgIpc) is 3.02. The molecule has 1 aromatic rings. The molecule has 1 saturated carbocycles. The van der Waals surface area contributed by atoms with Crippen LogP contribution in [0.3, 0.4) is 0 Å². The largest absolute Gasteiger partial charge is 0.465 e. The highest BCUT2D eigenvalue weighted by molar-refractivity contribution is 7.89. The van der Waals surface area contributed by atoms with Gasteiger partial charge in [0.1, 0.15) is 16.4 Å². The van der Waals surface area contributed by atoms with Crippen LogP contribution >= 0.6 is 0 Å². The van der Waals surface area contributed by atoms with Crippen molar-refractivity contribution >= 4 is 10.0 Å². The number of sulfonamides is 1. The summed E-state index contributed by atoms with van der Waals surface area (Å²) in [6.45, 7) is 7.36. The van der Waals surface area contributed by atoms with Gasteiger partial charge in [0.15, 0.2) is 0 Å². The molecule has 1 fully saturated rings. The zero-order valence-electron chi connectivity index (χ0n) is 13.2. The van der Waals surface area contributed by atoms with Gasteiger partial charge in [-0.25, -0.2) is 13.1 Å². The van der Waals surface area contributed by atoms with Crippen molar-refractivity contribution in [2.45, 2.75) is 57.9 Å². The van der Waals surface area contributed by atoms with Gasteiger partial charge < -0.3 is 9.73 Å². The summed E-state index contributed by atoms with van der Waals surface area (Å²) in [5.41, 5.74) is 0.744. The van der Waals surface area contributed by atoms with Crippen molar-refractivity contribution in [3.63, 3.8) is 0 Å². The fraction of sp³-hybridized carbons (Fsp3) is 0.733. The fourth-order valence-electron chi connectivity index (χ4n) is 3.03. The Morgan fingerprint density at radius 1 is 1.19 bits per heavy atom. The molecule has 0 amide bonds. The van der Waals surface area contributed by atoms with Gasteiger partial charge in [-0.3, -0.25) is 0 Å². The molecule has 2 N–H and O–H groups in total. The zero-order valence-corrected chi connectivity index (χ0v) is 14.0. The molecule has 0 radical (unpaired) electrons. The molecule has 1 aliphatic rings. The van der Waals surface area contributed by atoms with E-state index >= 15 is 0 Å². The van der Waals surface area contributed by atoms with Crippen LogP contribution in [0.15, 0.2) is 9.31 Å². The van der Waals surface area contributed by atoms with Gasteiger partial charge in [0, 0.05) is 18.7 Å². The predicted octanol–water partition coefficient (Wildman–Crippen LogP) is 2.47. The fourth-order valence-corrected chi connectivity index (χ4v) is 4.59. The predicted molar refractivity (Wildman–Crippen MR) is 82.7 cm³/mol. The summed E-state index contributed by atoms with van der Waals surface area (Å²) in [7, 11) is -3.50. The molecule has 1 aliphatic carbocycles. The minimum Gasteiger partial charge on any atom is -0.465 e. The van der Waals surface area contributed by atoms with Gasteiger partial charge in [-0.15, -0.1) is 0 Å². The van der Waals surface area contributed by atoms with Crippen LogP contribution < -0.4 is 10.0 Å². The van der Waals surface area contributed by atoms with Crippen LogP contribution in [0, 0.1) is 19.8 Å². The monoisotopic (exact) mass is 314 g/mol. The summed E-state index contributed by atoms with van der Waals surface area (Å²) >= 11 is 0. The van der Waals surface area contributed by atoms with Crippen LogP contribution in [0.25, 0.3) is 0 Å². The maximum atomic E-state index is 12.6. The second-order valence-electron chi connectivity index (χ2n) is 5.80. The van der Waals surface area contributed by atoms with Crippen LogP contribution in [0.1, 0.15) is 49.7 Å². The second kappa shape index (κ2) is 6.94. The maximum absolute atomic E-state index is 12.6. The molecule has 1 heterocycles. The lowest BCUT2D eigenvalue weighted by Gasteiger charge is -2.12. The topological polar surface area (TPSA) is 71.3 Å². The van der Waals surface area contributed by atoms with Gasteiger partial charge in [0.2, 0.25) is 10.0 Å². The first-order valence-electron chi connectivity index (χ1n) is 7.75. The van der Waals surface area contributed by atoms with E-state index in [2.05, 4.69) is 10.0 Å². The van der Waals surface area contributed by atoms with E-state index in [1.165, 1.54) is 12.8 Å². The summed E-state index contributed by atoms with van der Waals surface area (Å²) in [6.07, 6.45) is 4.66. The van der Waals surface area contributed by atoms with Crippen LogP contribution in [0.4, 0.5) is 0 Å². The molecule has 0 aliphatic heterocycles. The molecule has 1 aromatic heterocycles. The molecule has 2 rings (SSSR count). The minimum atomic E-state index is -3.50. The Bertz CT molecular complexity index is 572. The molecule has 0 saturated heterocycles. The van der Waals surface area contributed by atoms with E-state index in [0.29, 0.717) is 35.4 Å². The van der Waals surface area contributed by atoms with Crippen molar-refractivity contribution in [1.82, 2.24) is 10.0 Å². The van der Waals surface area contributed by atoms with E-state index in [9.17, 15) is 8.42 Å². The zero-order chi connectivity index (χ0) is 15.5. The molecular weight excluding hydrogens is 288 g/mol.